The third-order valence-corrected chi connectivity index (χ3v) is 6.85. The van der Waals surface area contributed by atoms with Crippen LogP contribution in [0.25, 0.3) is 0 Å². The number of thiazole rings is 1. The van der Waals surface area contributed by atoms with Gasteiger partial charge in [-0.2, -0.15) is 0 Å². The highest BCUT2D eigenvalue weighted by atomic mass is 32.1. The van der Waals surface area contributed by atoms with E-state index in [4.69, 9.17) is 4.99 Å². The van der Waals surface area contributed by atoms with Crippen LogP contribution in [0, 0.1) is 6.92 Å². The second kappa shape index (κ2) is 7.90. The van der Waals surface area contributed by atoms with Gasteiger partial charge in [-0.25, -0.2) is 4.99 Å². The van der Waals surface area contributed by atoms with Crippen LogP contribution in [0.1, 0.15) is 87.4 Å². The lowest BCUT2D eigenvalue weighted by molar-refractivity contribution is 0.325. The molecule has 2 aliphatic carbocycles. The van der Waals surface area contributed by atoms with Crippen LogP contribution < -0.4 is 4.80 Å². The molecule has 134 valence electrons. The Hall–Kier alpha value is -1.35. The molecule has 2 fully saturated rings. The number of hydrogen-bond acceptors (Lipinski definition) is 2. The fraction of sp³-hybridized carbons (Fsp3) is 0.591. The van der Waals surface area contributed by atoms with Crippen LogP contribution in [-0.2, 0) is 0 Å². The van der Waals surface area contributed by atoms with Crippen LogP contribution in [-0.4, -0.2) is 4.57 Å². The third-order valence-electron chi connectivity index (χ3n) is 5.99. The van der Waals surface area contributed by atoms with E-state index in [1.165, 1.54) is 74.6 Å². The number of benzene rings is 1. The second-order valence-electron chi connectivity index (χ2n) is 7.89. The van der Waals surface area contributed by atoms with Crippen molar-refractivity contribution in [2.45, 2.75) is 83.1 Å². The summed E-state index contributed by atoms with van der Waals surface area (Å²) in [5, 5.41) is 2.43. The molecular weight excluding hydrogens is 324 g/mol. The molecule has 2 aliphatic rings. The highest BCUT2D eigenvalue weighted by Gasteiger charge is 2.25. The highest BCUT2D eigenvalue weighted by Crippen LogP contribution is 2.37. The van der Waals surface area contributed by atoms with E-state index in [1.54, 1.807) is 5.69 Å². The van der Waals surface area contributed by atoms with Gasteiger partial charge in [0.05, 0.1) is 5.69 Å². The fourth-order valence-electron chi connectivity index (χ4n) is 4.54. The molecule has 1 aromatic carbocycles. The predicted octanol–water partition coefficient (Wildman–Crippen LogP) is 6.64. The summed E-state index contributed by atoms with van der Waals surface area (Å²) >= 11 is 1.86. The first-order valence-electron chi connectivity index (χ1n) is 10.1. The van der Waals surface area contributed by atoms with Gasteiger partial charge in [0, 0.05) is 23.0 Å². The Morgan fingerprint density at radius 2 is 1.52 bits per heavy atom. The molecule has 0 N–H and O–H groups in total. The Morgan fingerprint density at radius 1 is 0.880 bits per heavy atom. The second-order valence-corrected chi connectivity index (χ2v) is 8.72. The van der Waals surface area contributed by atoms with Gasteiger partial charge in [-0.3, -0.25) is 0 Å². The third kappa shape index (κ3) is 3.92. The molecule has 0 saturated heterocycles. The minimum absolute atomic E-state index is 0.668. The lowest BCUT2D eigenvalue weighted by Gasteiger charge is -2.29. The lowest BCUT2D eigenvalue weighted by atomic mass is 9.86. The van der Waals surface area contributed by atoms with Crippen LogP contribution in [0.15, 0.2) is 34.6 Å². The molecule has 0 aliphatic heterocycles. The van der Waals surface area contributed by atoms with Gasteiger partial charge in [0.25, 0.3) is 0 Å². The molecule has 25 heavy (non-hydrogen) atoms. The first-order valence-corrected chi connectivity index (χ1v) is 11.0. The minimum Gasteiger partial charge on any atom is -0.317 e. The molecule has 1 heterocycles. The van der Waals surface area contributed by atoms with Gasteiger partial charge in [0.2, 0.25) is 0 Å². The van der Waals surface area contributed by atoms with Gasteiger partial charge in [0.1, 0.15) is 0 Å². The molecule has 0 radical (unpaired) electrons. The summed E-state index contributed by atoms with van der Waals surface area (Å²) in [4.78, 5) is 6.27. The molecule has 3 heteroatoms. The van der Waals surface area contributed by atoms with E-state index < -0.39 is 0 Å². The van der Waals surface area contributed by atoms with E-state index in [-0.39, 0.29) is 0 Å². The zero-order valence-corrected chi connectivity index (χ0v) is 16.2. The van der Waals surface area contributed by atoms with Crippen molar-refractivity contribution in [3.63, 3.8) is 0 Å². The average molecular weight is 355 g/mol. The van der Waals surface area contributed by atoms with Crippen molar-refractivity contribution >= 4 is 17.0 Å². The molecule has 0 atom stereocenters. The molecule has 0 spiro atoms. The van der Waals surface area contributed by atoms with Crippen molar-refractivity contribution in [2.75, 3.05) is 0 Å². The van der Waals surface area contributed by atoms with Crippen molar-refractivity contribution in [3.8, 4) is 0 Å². The molecule has 2 aromatic rings. The van der Waals surface area contributed by atoms with Crippen molar-refractivity contribution in [1.29, 1.82) is 0 Å². The summed E-state index contributed by atoms with van der Waals surface area (Å²) in [5.74, 6) is 0.758. The Morgan fingerprint density at radius 3 is 2.20 bits per heavy atom. The van der Waals surface area contributed by atoms with Crippen LogP contribution in [0.4, 0.5) is 5.69 Å². The summed E-state index contributed by atoms with van der Waals surface area (Å²) < 4.78 is 2.65. The molecule has 0 amide bonds. The van der Waals surface area contributed by atoms with E-state index in [0.717, 1.165) is 11.6 Å². The summed E-state index contributed by atoms with van der Waals surface area (Å²) in [6.45, 7) is 2.14. The zero-order chi connectivity index (χ0) is 17.1. The minimum atomic E-state index is 0.668. The fourth-order valence-corrected chi connectivity index (χ4v) is 5.60. The van der Waals surface area contributed by atoms with Crippen molar-refractivity contribution < 1.29 is 0 Å². The van der Waals surface area contributed by atoms with Gasteiger partial charge in [-0.1, -0.05) is 56.2 Å². The van der Waals surface area contributed by atoms with E-state index in [2.05, 4.69) is 41.1 Å². The van der Waals surface area contributed by atoms with E-state index >= 15 is 0 Å². The van der Waals surface area contributed by atoms with Crippen LogP contribution in [0.5, 0.6) is 0 Å². The Labute approximate surface area is 155 Å². The van der Waals surface area contributed by atoms with Crippen LogP contribution in [0.2, 0.25) is 0 Å². The quantitative estimate of drug-likeness (QED) is 0.587. The molecule has 2 saturated carbocycles. The first-order chi connectivity index (χ1) is 12.3. The molecule has 2 nitrogen and oxygen atoms in total. The molecule has 4 rings (SSSR count). The summed E-state index contributed by atoms with van der Waals surface area (Å²) in [5.41, 5.74) is 3.97. The monoisotopic (exact) mass is 354 g/mol. The van der Waals surface area contributed by atoms with E-state index in [1.807, 2.05) is 11.3 Å². The maximum atomic E-state index is 5.05. The summed E-state index contributed by atoms with van der Waals surface area (Å²) in [7, 11) is 0. The number of aryl methyl sites for hydroxylation is 1. The van der Waals surface area contributed by atoms with Gasteiger partial charge < -0.3 is 4.57 Å². The smallest absolute Gasteiger partial charge is 0.190 e. The highest BCUT2D eigenvalue weighted by molar-refractivity contribution is 7.07. The lowest BCUT2D eigenvalue weighted by Crippen LogP contribution is -2.26. The van der Waals surface area contributed by atoms with Gasteiger partial charge in [-0.05, 0) is 44.7 Å². The molecule has 0 bridgehead atoms. The topological polar surface area (TPSA) is 17.3 Å². The van der Waals surface area contributed by atoms with E-state index in [0.29, 0.717) is 6.04 Å². The summed E-state index contributed by atoms with van der Waals surface area (Å²) in [6.07, 6.45) is 13.8. The van der Waals surface area contributed by atoms with E-state index in [9.17, 15) is 0 Å². The number of rotatable bonds is 3. The van der Waals surface area contributed by atoms with Crippen molar-refractivity contribution in [3.05, 3.63) is 45.7 Å². The maximum absolute atomic E-state index is 5.05. The van der Waals surface area contributed by atoms with Crippen LogP contribution in [0.3, 0.4) is 0 Å². The molecular formula is C22H30N2S. The largest absolute Gasteiger partial charge is 0.317 e. The normalized spacial score (nSPS) is 20.9. The summed E-state index contributed by atoms with van der Waals surface area (Å²) in [6, 6.07) is 9.31. The molecule has 0 unspecified atom stereocenters. The first kappa shape index (κ1) is 17.1. The Bertz CT molecular complexity index is 741. The zero-order valence-electron chi connectivity index (χ0n) is 15.4. The standard InChI is InChI=1S/C22H30N2S/c1-17-12-14-19(15-13-17)23-22-24(20-10-6-3-7-11-20)21(16-25-22)18-8-4-2-5-9-18/h12-16,18,20H,2-11H2,1H3. The van der Waals surface area contributed by atoms with Gasteiger partial charge in [0.15, 0.2) is 4.80 Å². The number of hydrogen-bond donors (Lipinski definition) is 0. The average Bonchev–Trinajstić information content (AvgIpc) is 3.08. The SMILES string of the molecule is Cc1ccc(N=c2scc(C3CCCCC3)n2C2CCCCC2)cc1. The van der Waals surface area contributed by atoms with Crippen molar-refractivity contribution in [1.82, 2.24) is 4.57 Å². The Kier molecular flexibility index (Phi) is 5.40. The molecule has 1 aromatic heterocycles. The van der Waals surface area contributed by atoms with Gasteiger partial charge >= 0.3 is 0 Å². The van der Waals surface area contributed by atoms with Crippen LogP contribution >= 0.6 is 11.3 Å². The Balaban J connectivity index is 1.74. The number of aromatic nitrogens is 1. The number of nitrogens with zero attached hydrogens (tertiary/aromatic N) is 2. The predicted molar refractivity (Wildman–Crippen MR) is 107 cm³/mol. The maximum Gasteiger partial charge on any atom is 0.190 e. The van der Waals surface area contributed by atoms with Crippen molar-refractivity contribution in [2.24, 2.45) is 4.99 Å². The van der Waals surface area contributed by atoms with Gasteiger partial charge in [-0.15, -0.1) is 11.3 Å².